The Bertz CT molecular complexity index is 1890. The molecule has 228 valence electrons. The van der Waals surface area contributed by atoms with Crippen LogP contribution < -0.4 is 15.2 Å². The first-order valence-corrected chi connectivity index (χ1v) is 15.8. The number of allylic oxidation sites excluding steroid dienone is 1. The van der Waals surface area contributed by atoms with E-state index in [-0.39, 0.29) is 24.0 Å². The van der Waals surface area contributed by atoms with Crippen LogP contribution >= 0.6 is 11.8 Å². The van der Waals surface area contributed by atoms with Crippen LogP contribution in [-0.4, -0.2) is 43.1 Å². The molecule has 3 aromatic carbocycles. The second kappa shape index (κ2) is 14.5. The van der Waals surface area contributed by atoms with Gasteiger partial charge in [0.25, 0.3) is 11.8 Å². The molecule has 1 aliphatic rings. The number of amides is 2. The summed E-state index contributed by atoms with van der Waals surface area (Å²) in [5.74, 6) is 0.205. The SMILES string of the molecule is NS(=O)(=O)c1ccc(NC(=O)COc2ccccc2/C=C2\S/C(=N/N=C\C=C\c3ccccc3)N(Cc3ccco3)C2=O)cc1. The zero-order valence-corrected chi connectivity index (χ0v) is 25.3. The van der Waals surface area contributed by atoms with E-state index in [1.165, 1.54) is 35.4 Å². The number of amidine groups is 1. The van der Waals surface area contributed by atoms with Gasteiger partial charge in [-0.3, -0.25) is 14.5 Å². The van der Waals surface area contributed by atoms with Gasteiger partial charge in [0.1, 0.15) is 11.5 Å². The van der Waals surface area contributed by atoms with Crippen LogP contribution in [0.2, 0.25) is 0 Å². The number of carbonyl (C=O) groups is 2. The third kappa shape index (κ3) is 8.66. The van der Waals surface area contributed by atoms with E-state index in [0.717, 1.165) is 17.3 Å². The first kappa shape index (κ1) is 31.2. The Morgan fingerprint density at radius 3 is 2.49 bits per heavy atom. The van der Waals surface area contributed by atoms with E-state index in [4.69, 9.17) is 14.3 Å². The van der Waals surface area contributed by atoms with Gasteiger partial charge in [0.05, 0.1) is 22.6 Å². The van der Waals surface area contributed by atoms with Crippen molar-refractivity contribution in [2.45, 2.75) is 11.4 Å². The molecule has 3 N–H and O–H groups in total. The Balaban J connectivity index is 1.29. The fourth-order valence-corrected chi connectivity index (χ4v) is 5.50. The second-order valence-corrected chi connectivity index (χ2v) is 12.0. The quantitative estimate of drug-likeness (QED) is 0.131. The average molecular weight is 642 g/mol. The molecule has 11 nitrogen and oxygen atoms in total. The van der Waals surface area contributed by atoms with Crippen molar-refractivity contribution in [2.24, 2.45) is 15.3 Å². The average Bonchev–Trinajstić information content (AvgIpc) is 3.65. The number of benzene rings is 3. The summed E-state index contributed by atoms with van der Waals surface area (Å²) in [6, 6.07) is 25.7. The lowest BCUT2D eigenvalue weighted by Crippen LogP contribution is -2.28. The molecule has 0 bridgehead atoms. The van der Waals surface area contributed by atoms with E-state index < -0.39 is 15.9 Å². The number of nitrogens with two attached hydrogens (primary N) is 1. The van der Waals surface area contributed by atoms with E-state index in [9.17, 15) is 18.0 Å². The molecule has 0 radical (unpaired) electrons. The third-order valence-corrected chi connectivity index (χ3v) is 8.12. The number of furan rings is 1. The van der Waals surface area contributed by atoms with Crippen LogP contribution in [0.15, 0.2) is 128 Å². The summed E-state index contributed by atoms with van der Waals surface area (Å²) in [6.07, 6.45) is 8.40. The first-order valence-electron chi connectivity index (χ1n) is 13.5. The van der Waals surface area contributed by atoms with E-state index in [1.54, 1.807) is 54.8 Å². The maximum absolute atomic E-state index is 13.5. The van der Waals surface area contributed by atoms with Gasteiger partial charge in [-0.15, -0.1) is 5.10 Å². The zero-order chi connectivity index (χ0) is 31.6. The molecule has 4 aromatic rings. The van der Waals surface area contributed by atoms with Crippen LogP contribution in [0.25, 0.3) is 12.2 Å². The summed E-state index contributed by atoms with van der Waals surface area (Å²) >= 11 is 1.16. The summed E-state index contributed by atoms with van der Waals surface area (Å²) in [7, 11) is -3.84. The van der Waals surface area contributed by atoms with Crippen molar-refractivity contribution in [2.75, 3.05) is 11.9 Å². The highest BCUT2D eigenvalue weighted by Gasteiger charge is 2.34. The fourth-order valence-electron chi connectivity index (χ4n) is 4.06. The number of thioether (sulfide) groups is 1. The molecular formula is C32H27N5O6S2. The van der Waals surface area contributed by atoms with Crippen molar-refractivity contribution in [3.05, 3.63) is 125 Å². The van der Waals surface area contributed by atoms with Gasteiger partial charge in [-0.2, -0.15) is 5.10 Å². The minimum Gasteiger partial charge on any atom is -0.483 e. The maximum Gasteiger partial charge on any atom is 0.267 e. The number of rotatable bonds is 11. The zero-order valence-electron chi connectivity index (χ0n) is 23.6. The van der Waals surface area contributed by atoms with Gasteiger partial charge in [0.2, 0.25) is 10.0 Å². The van der Waals surface area contributed by atoms with Crippen molar-refractivity contribution in [1.29, 1.82) is 0 Å². The molecule has 0 aliphatic carbocycles. The van der Waals surface area contributed by atoms with Crippen molar-refractivity contribution in [3.63, 3.8) is 0 Å². The van der Waals surface area contributed by atoms with E-state index >= 15 is 0 Å². The summed E-state index contributed by atoms with van der Waals surface area (Å²) in [5.41, 5.74) is 1.97. The molecular weight excluding hydrogens is 615 g/mol. The Kier molecular flexibility index (Phi) is 10.0. The van der Waals surface area contributed by atoms with Crippen molar-refractivity contribution in [1.82, 2.24) is 4.90 Å². The minimum absolute atomic E-state index is 0.0688. The van der Waals surface area contributed by atoms with Gasteiger partial charge in [0.15, 0.2) is 11.8 Å². The molecule has 2 amide bonds. The molecule has 5 rings (SSSR count). The molecule has 2 heterocycles. The summed E-state index contributed by atoms with van der Waals surface area (Å²) < 4.78 is 34.1. The largest absolute Gasteiger partial charge is 0.483 e. The van der Waals surface area contributed by atoms with Gasteiger partial charge in [-0.1, -0.05) is 54.6 Å². The summed E-state index contributed by atoms with van der Waals surface area (Å²) in [5, 5.41) is 16.6. The Morgan fingerprint density at radius 1 is 1.00 bits per heavy atom. The van der Waals surface area contributed by atoms with Crippen LogP contribution in [0, 0.1) is 0 Å². The maximum atomic E-state index is 13.5. The molecule has 0 saturated carbocycles. The number of para-hydroxylation sites is 1. The molecule has 45 heavy (non-hydrogen) atoms. The van der Waals surface area contributed by atoms with Gasteiger partial charge < -0.3 is 14.5 Å². The van der Waals surface area contributed by atoms with Crippen LogP contribution in [0.4, 0.5) is 5.69 Å². The molecule has 1 fully saturated rings. The molecule has 0 spiro atoms. The Labute approximate surface area is 263 Å². The number of sulfonamides is 1. The second-order valence-electron chi connectivity index (χ2n) is 9.44. The molecule has 0 atom stereocenters. The molecule has 1 aromatic heterocycles. The number of hydrogen-bond donors (Lipinski definition) is 2. The van der Waals surface area contributed by atoms with Crippen LogP contribution in [-0.2, 0) is 26.2 Å². The number of nitrogens with zero attached hydrogens (tertiary/aromatic N) is 3. The normalized spacial score (nSPS) is 15.5. The number of anilines is 1. The molecule has 0 unspecified atom stereocenters. The Hall–Kier alpha value is -5.24. The monoisotopic (exact) mass is 641 g/mol. The molecule has 1 saturated heterocycles. The van der Waals surface area contributed by atoms with Crippen LogP contribution in [0.1, 0.15) is 16.9 Å². The van der Waals surface area contributed by atoms with Gasteiger partial charge in [-0.05, 0) is 71.9 Å². The number of primary sulfonamides is 1. The van der Waals surface area contributed by atoms with Crippen LogP contribution in [0.5, 0.6) is 5.75 Å². The number of hydrogen-bond acceptors (Lipinski definition) is 9. The lowest BCUT2D eigenvalue weighted by Gasteiger charge is -2.12. The number of ether oxygens (including phenoxy) is 1. The number of nitrogens with one attached hydrogen (secondary N) is 1. The van der Waals surface area contributed by atoms with Gasteiger partial charge in [-0.25, -0.2) is 13.6 Å². The third-order valence-electron chi connectivity index (χ3n) is 6.20. The van der Waals surface area contributed by atoms with E-state index in [2.05, 4.69) is 15.5 Å². The highest BCUT2D eigenvalue weighted by Crippen LogP contribution is 2.35. The fraction of sp³-hybridized carbons (Fsp3) is 0.0625. The summed E-state index contributed by atoms with van der Waals surface area (Å²) in [4.78, 5) is 27.8. The Morgan fingerprint density at radius 2 is 1.76 bits per heavy atom. The van der Waals surface area contributed by atoms with E-state index in [1.807, 2.05) is 36.4 Å². The predicted molar refractivity (Wildman–Crippen MR) is 175 cm³/mol. The van der Waals surface area contributed by atoms with Crippen LogP contribution in [0.3, 0.4) is 0 Å². The highest BCUT2D eigenvalue weighted by atomic mass is 32.2. The topological polar surface area (TPSA) is 157 Å². The highest BCUT2D eigenvalue weighted by molar-refractivity contribution is 8.18. The molecule has 1 aliphatic heterocycles. The first-order chi connectivity index (χ1) is 21.8. The smallest absolute Gasteiger partial charge is 0.267 e. The lowest BCUT2D eigenvalue weighted by molar-refractivity contribution is -0.122. The van der Waals surface area contributed by atoms with Gasteiger partial charge in [0, 0.05) is 17.5 Å². The number of carbonyl (C=O) groups excluding carboxylic acids is 2. The van der Waals surface area contributed by atoms with E-state index in [0.29, 0.717) is 32.8 Å². The predicted octanol–water partition coefficient (Wildman–Crippen LogP) is 5.12. The van der Waals surface area contributed by atoms with Crippen molar-refractivity contribution < 1.29 is 27.2 Å². The van der Waals surface area contributed by atoms with Gasteiger partial charge >= 0.3 is 0 Å². The minimum atomic E-state index is -3.84. The lowest BCUT2D eigenvalue weighted by atomic mass is 10.2. The standard InChI is InChI=1S/C32H27N5O6S2/c33-45(40,41)27-16-14-25(15-17-27)35-30(38)22-43-28-13-5-4-11-24(28)20-29-31(39)37(21-26-12-7-19-42-26)32(44-29)36-34-18-6-10-23-8-2-1-3-9-23/h1-20H,21-22H2,(H,35,38)(H2,33,40,41)/b10-6+,29-20-,34-18-,36-32+. The summed E-state index contributed by atoms with van der Waals surface area (Å²) in [6.45, 7) is -0.165. The van der Waals surface area contributed by atoms with Crippen molar-refractivity contribution in [3.8, 4) is 5.75 Å². The van der Waals surface area contributed by atoms with Crippen molar-refractivity contribution >= 4 is 62.8 Å². The molecule has 13 heteroatoms.